The predicted molar refractivity (Wildman–Crippen MR) is 103 cm³/mol. The minimum absolute atomic E-state index is 0. The van der Waals surface area contributed by atoms with Gasteiger partial charge in [-0.25, -0.2) is 18.4 Å². The van der Waals surface area contributed by atoms with E-state index in [1.807, 2.05) is 0 Å². The van der Waals surface area contributed by atoms with Gasteiger partial charge in [0, 0.05) is 0 Å². The largest absolute Gasteiger partial charge is 1.00 e. The van der Waals surface area contributed by atoms with Crippen molar-refractivity contribution in [2.45, 2.75) is 73.0 Å². The van der Waals surface area contributed by atoms with Crippen LogP contribution in [-0.4, -0.2) is 55.6 Å². The summed E-state index contributed by atoms with van der Waals surface area (Å²) < 4.78 is 70.7. The molecule has 12 heteroatoms. The van der Waals surface area contributed by atoms with E-state index < -0.39 is 15.6 Å². The second-order valence-corrected chi connectivity index (χ2v) is 11.2. The Morgan fingerprint density at radius 3 is 1.27 bits per heavy atom. The molecule has 2 heterocycles. The number of hydrogen-bond acceptors (Lipinski definition) is 7. The zero-order valence-corrected chi connectivity index (χ0v) is 20.1. The van der Waals surface area contributed by atoms with E-state index in [1.165, 1.54) is 0 Å². The van der Waals surface area contributed by atoms with Gasteiger partial charge in [-0.15, -0.1) is 0 Å². The average molecular weight is 507 g/mol. The summed E-state index contributed by atoms with van der Waals surface area (Å²) in [4.78, 5) is 9.59. The van der Waals surface area contributed by atoms with Crippen LogP contribution in [0.3, 0.4) is 0 Å². The molecule has 0 aliphatic carbocycles. The Morgan fingerprint density at radius 2 is 1.10 bits per heavy atom. The first kappa shape index (κ1) is 29.2. The third-order valence-corrected chi connectivity index (χ3v) is 5.22. The molecule has 0 spiro atoms. The summed E-state index contributed by atoms with van der Waals surface area (Å²) in [6.45, 7) is 18.6. The summed E-state index contributed by atoms with van der Waals surface area (Å²) in [5, 5.41) is 0. The molecular formula is C18H30CuF3N2O5S. The van der Waals surface area contributed by atoms with Crippen LogP contribution in [0.15, 0.2) is 9.98 Å². The quantitative estimate of drug-likeness (QED) is 0.322. The van der Waals surface area contributed by atoms with E-state index in [2.05, 4.69) is 55.4 Å². The number of rotatable bonds is 2. The standard InChI is InChI=1S/C17H30N2O2.CHF3O3S.Cu/c1-15(2,3)11-9-20-13(18-11)17(7,8)14-19-12(10-21-14)16(4,5)6;2-1(3,4)8(5,6)7;/h11-12H,9-10H2,1-8H3;(H,5,6,7);/q;;+1/p-1/t11-,12-;;/m1../s1. The molecule has 0 aromatic heterocycles. The Labute approximate surface area is 187 Å². The van der Waals surface area contributed by atoms with Gasteiger partial charge in [0.25, 0.3) is 0 Å². The fourth-order valence-corrected chi connectivity index (χ4v) is 2.41. The first-order valence-electron chi connectivity index (χ1n) is 9.11. The third kappa shape index (κ3) is 7.39. The Balaban J connectivity index is 0.000000801. The molecule has 2 rings (SSSR count). The molecule has 0 bridgehead atoms. The average Bonchev–Trinajstić information content (AvgIpc) is 3.15. The van der Waals surface area contributed by atoms with E-state index in [0.29, 0.717) is 13.2 Å². The van der Waals surface area contributed by atoms with Crippen LogP contribution in [0.2, 0.25) is 0 Å². The maximum atomic E-state index is 10.7. The van der Waals surface area contributed by atoms with Crippen molar-refractivity contribution in [3.8, 4) is 0 Å². The molecule has 2 aliphatic heterocycles. The van der Waals surface area contributed by atoms with Crippen molar-refractivity contribution in [3.05, 3.63) is 0 Å². The van der Waals surface area contributed by atoms with Crippen LogP contribution in [0.25, 0.3) is 0 Å². The first-order chi connectivity index (χ1) is 12.7. The van der Waals surface area contributed by atoms with Crippen molar-refractivity contribution in [1.29, 1.82) is 0 Å². The van der Waals surface area contributed by atoms with Gasteiger partial charge in [-0.2, -0.15) is 13.2 Å². The Morgan fingerprint density at radius 1 is 0.833 bits per heavy atom. The van der Waals surface area contributed by atoms with Gasteiger partial charge in [-0.05, 0) is 24.7 Å². The van der Waals surface area contributed by atoms with Gasteiger partial charge in [-0.3, -0.25) is 0 Å². The van der Waals surface area contributed by atoms with Crippen molar-refractivity contribution in [1.82, 2.24) is 0 Å². The van der Waals surface area contributed by atoms with E-state index in [9.17, 15) is 13.2 Å². The van der Waals surface area contributed by atoms with Crippen LogP contribution < -0.4 is 0 Å². The van der Waals surface area contributed by atoms with E-state index in [1.54, 1.807) is 0 Å². The van der Waals surface area contributed by atoms with Crippen LogP contribution in [0.5, 0.6) is 0 Å². The minimum Gasteiger partial charge on any atom is -0.741 e. The van der Waals surface area contributed by atoms with Crippen molar-refractivity contribution < 1.29 is 52.7 Å². The smallest absolute Gasteiger partial charge is 0.741 e. The summed E-state index contributed by atoms with van der Waals surface area (Å²) in [7, 11) is -6.09. The van der Waals surface area contributed by atoms with Crippen LogP contribution in [0.4, 0.5) is 13.2 Å². The van der Waals surface area contributed by atoms with Crippen LogP contribution >= 0.6 is 0 Å². The number of nitrogens with zero attached hydrogens (tertiary/aromatic N) is 2. The van der Waals surface area contributed by atoms with Crippen LogP contribution in [0.1, 0.15) is 55.4 Å². The van der Waals surface area contributed by atoms with Gasteiger partial charge in [-0.1, -0.05) is 41.5 Å². The maximum absolute atomic E-state index is 10.7. The zero-order chi connectivity index (χ0) is 23.1. The van der Waals surface area contributed by atoms with Crippen molar-refractivity contribution in [2.24, 2.45) is 26.2 Å². The van der Waals surface area contributed by atoms with Crippen molar-refractivity contribution in [3.63, 3.8) is 0 Å². The second kappa shape index (κ2) is 9.34. The molecule has 7 nitrogen and oxygen atoms in total. The molecule has 0 saturated heterocycles. The van der Waals surface area contributed by atoms with Gasteiger partial charge in [0.05, 0.1) is 12.1 Å². The predicted octanol–water partition coefficient (Wildman–Crippen LogP) is 3.75. The number of hydrogen-bond donors (Lipinski definition) is 0. The van der Waals surface area contributed by atoms with Gasteiger partial charge in [0.1, 0.15) is 18.6 Å². The summed E-state index contributed by atoms with van der Waals surface area (Å²) in [6, 6.07) is 0.402. The Bertz CT molecular complexity index is 724. The third-order valence-electron chi connectivity index (χ3n) is 4.65. The van der Waals surface area contributed by atoms with Gasteiger partial charge < -0.3 is 14.0 Å². The molecule has 180 valence electrons. The molecule has 0 aromatic carbocycles. The molecule has 0 N–H and O–H groups in total. The summed E-state index contributed by atoms with van der Waals surface area (Å²) in [5.41, 5.74) is -5.80. The van der Waals surface area contributed by atoms with Gasteiger partial charge >= 0.3 is 22.6 Å². The Hall–Kier alpha value is -0.841. The number of alkyl halides is 3. The van der Waals surface area contributed by atoms with Crippen molar-refractivity contribution in [2.75, 3.05) is 13.2 Å². The summed E-state index contributed by atoms with van der Waals surface area (Å²) >= 11 is 0. The molecule has 0 saturated carbocycles. The van der Waals surface area contributed by atoms with E-state index in [-0.39, 0.29) is 45.4 Å². The molecule has 0 amide bonds. The number of ether oxygens (including phenoxy) is 2. The minimum atomic E-state index is -6.09. The normalized spacial score (nSPS) is 22.7. The monoisotopic (exact) mass is 506 g/mol. The van der Waals surface area contributed by atoms with Gasteiger partial charge in [0.2, 0.25) is 0 Å². The molecule has 0 fully saturated rings. The molecule has 0 unspecified atom stereocenters. The molecule has 30 heavy (non-hydrogen) atoms. The fraction of sp³-hybridized carbons (Fsp3) is 0.889. The summed E-state index contributed by atoms with van der Waals surface area (Å²) in [5.74, 6) is 1.52. The first-order valence-corrected chi connectivity index (χ1v) is 10.5. The topological polar surface area (TPSA) is 100 Å². The van der Waals surface area contributed by atoms with Crippen molar-refractivity contribution >= 4 is 21.9 Å². The maximum Gasteiger partial charge on any atom is 1.00 e. The van der Waals surface area contributed by atoms with Crippen LogP contribution in [0, 0.1) is 16.2 Å². The number of aliphatic imine (C=N–C) groups is 2. The van der Waals surface area contributed by atoms with E-state index in [0.717, 1.165) is 11.8 Å². The molecule has 0 aromatic rings. The van der Waals surface area contributed by atoms with E-state index >= 15 is 0 Å². The molecule has 2 atom stereocenters. The molecule has 0 radical (unpaired) electrons. The SMILES string of the molecule is CC(C)(C1=N[C@@H](C(C)(C)C)CO1)C1=N[C@@H](C(C)(C)C)CO1.O=S(=O)([O-])C(F)(F)F.[Cu+]. The zero-order valence-electron chi connectivity index (χ0n) is 18.3. The molecular weight excluding hydrogens is 477 g/mol. The molecule has 2 aliphatic rings. The van der Waals surface area contributed by atoms with E-state index in [4.69, 9.17) is 32.4 Å². The van der Waals surface area contributed by atoms with Gasteiger partial charge in [0.15, 0.2) is 21.9 Å². The second-order valence-electron chi connectivity index (χ2n) is 9.78. The Kier molecular flexibility index (Phi) is 9.08. The fourth-order valence-electron chi connectivity index (χ4n) is 2.41. The van der Waals surface area contributed by atoms with Crippen LogP contribution in [-0.2, 0) is 36.7 Å². The number of halogens is 3. The summed E-state index contributed by atoms with van der Waals surface area (Å²) in [6.07, 6.45) is 0.